The number of aromatic nitrogens is 3. The van der Waals surface area contributed by atoms with Crippen LogP contribution in [0.1, 0.15) is 38.5 Å². The van der Waals surface area contributed by atoms with Gasteiger partial charge in [-0.25, -0.2) is 9.48 Å². The van der Waals surface area contributed by atoms with E-state index in [2.05, 4.69) is 5.10 Å². The number of pyridine rings is 1. The number of likely N-dealkylation sites (tertiary alicyclic amines) is 1. The van der Waals surface area contributed by atoms with Crippen molar-refractivity contribution < 1.29 is 4.79 Å². The number of piperidine rings is 1. The summed E-state index contributed by atoms with van der Waals surface area (Å²) in [6.45, 7) is 0.867. The van der Waals surface area contributed by atoms with Gasteiger partial charge >= 0.3 is 5.69 Å². The molecule has 2 atom stereocenters. The van der Waals surface area contributed by atoms with Gasteiger partial charge in [-0.1, -0.05) is 18.9 Å². The zero-order chi connectivity index (χ0) is 15.8. The molecule has 1 amide bonds. The Hall–Kier alpha value is -2.11. The summed E-state index contributed by atoms with van der Waals surface area (Å²) in [4.78, 5) is 27.1. The van der Waals surface area contributed by atoms with Gasteiger partial charge < -0.3 is 4.90 Å². The van der Waals surface area contributed by atoms with E-state index in [1.54, 1.807) is 18.3 Å². The van der Waals surface area contributed by atoms with Gasteiger partial charge in [0.15, 0.2) is 5.65 Å². The minimum absolute atomic E-state index is 0.0344. The number of nitrogens with zero attached hydrogens (tertiary/aromatic N) is 4. The second kappa shape index (κ2) is 5.83. The van der Waals surface area contributed by atoms with Gasteiger partial charge in [0.1, 0.15) is 6.54 Å². The molecule has 122 valence electrons. The first-order valence-corrected chi connectivity index (χ1v) is 8.58. The topological polar surface area (TPSA) is 59.6 Å². The van der Waals surface area contributed by atoms with Crippen LogP contribution in [-0.4, -0.2) is 37.6 Å². The van der Waals surface area contributed by atoms with Gasteiger partial charge in [0, 0.05) is 18.8 Å². The highest BCUT2D eigenvalue weighted by Crippen LogP contribution is 2.35. The van der Waals surface area contributed by atoms with E-state index in [1.165, 1.54) is 34.8 Å². The van der Waals surface area contributed by atoms with E-state index in [0.717, 1.165) is 19.4 Å². The predicted octanol–water partition coefficient (Wildman–Crippen LogP) is 1.68. The molecule has 3 heterocycles. The van der Waals surface area contributed by atoms with Crippen molar-refractivity contribution in [3.8, 4) is 0 Å². The Balaban J connectivity index is 1.56. The quantitative estimate of drug-likeness (QED) is 0.847. The molecule has 2 aromatic heterocycles. The summed E-state index contributed by atoms with van der Waals surface area (Å²) in [7, 11) is 0. The number of rotatable bonds is 2. The average molecular weight is 314 g/mol. The fraction of sp³-hybridized carbons (Fsp3) is 0.588. The first kappa shape index (κ1) is 14.5. The molecule has 2 unspecified atom stereocenters. The van der Waals surface area contributed by atoms with Gasteiger partial charge in [-0.3, -0.25) is 9.20 Å². The molecule has 4 rings (SSSR count). The highest BCUT2D eigenvalue weighted by Gasteiger charge is 2.35. The molecule has 2 aromatic rings. The summed E-state index contributed by atoms with van der Waals surface area (Å²) < 4.78 is 2.77. The number of fused-ring (bicyclic) bond motifs is 2. The van der Waals surface area contributed by atoms with Crippen molar-refractivity contribution in [2.24, 2.45) is 5.92 Å². The Labute approximate surface area is 134 Å². The van der Waals surface area contributed by atoms with Crippen LogP contribution < -0.4 is 5.69 Å². The third-order valence-corrected chi connectivity index (χ3v) is 5.34. The minimum atomic E-state index is -0.244. The van der Waals surface area contributed by atoms with Gasteiger partial charge in [-0.05, 0) is 43.7 Å². The molecule has 6 heteroatoms. The maximum Gasteiger partial charge on any atom is 0.350 e. The van der Waals surface area contributed by atoms with E-state index in [4.69, 9.17) is 0 Å². The molecular weight excluding hydrogens is 292 g/mol. The summed E-state index contributed by atoms with van der Waals surface area (Å²) in [6.07, 6.45) is 8.84. The van der Waals surface area contributed by atoms with Crippen molar-refractivity contribution >= 4 is 11.6 Å². The zero-order valence-corrected chi connectivity index (χ0v) is 13.2. The van der Waals surface area contributed by atoms with Gasteiger partial charge in [-0.2, -0.15) is 0 Å². The first-order valence-electron chi connectivity index (χ1n) is 8.58. The van der Waals surface area contributed by atoms with Gasteiger partial charge in [-0.15, -0.1) is 5.10 Å². The maximum absolute atomic E-state index is 12.8. The van der Waals surface area contributed by atoms with Crippen LogP contribution in [0.2, 0.25) is 0 Å². The summed E-state index contributed by atoms with van der Waals surface area (Å²) >= 11 is 0. The lowest BCUT2D eigenvalue weighted by Gasteiger charge is -2.44. The summed E-state index contributed by atoms with van der Waals surface area (Å²) in [5.41, 5.74) is 0.339. The molecule has 1 saturated heterocycles. The lowest BCUT2D eigenvalue weighted by atomic mass is 9.78. The SMILES string of the molecule is O=C(Cn1nc2ccccn2c1=O)N1CCCC2CCCCC21. The molecule has 0 bridgehead atoms. The molecule has 6 nitrogen and oxygen atoms in total. The summed E-state index contributed by atoms with van der Waals surface area (Å²) in [5.74, 6) is 0.686. The van der Waals surface area contributed by atoms with Crippen LogP contribution in [0.15, 0.2) is 29.2 Å². The molecule has 1 aliphatic heterocycles. The van der Waals surface area contributed by atoms with Crippen molar-refractivity contribution in [3.05, 3.63) is 34.9 Å². The van der Waals surface area contributed by atoms with Crippen molar-refractivity contribution in [2.45, 2.75) is 51.1 Å². The molecule has 2 aliphatic rings. The van der Waals surface area contributed by atoms with E-state index in [0.29, 0.717) is 17.6 Å². The standard InChI is InChI=1S/C17H22N4O2/c22-16(19-11-5-7-13-6-1-2-8-14(13)19)12-21-17(23)20-10-4-3-9-15(20)18-21/h3-4,9-10,13-14H,1-2,5-8,11-12H2. The Morgan fingerprint density at radius 3 is 2.87 bits per heavy atom. The van der Waals surface area contributed by atoms with Crippen molar-refractivity contribution in [1.82, 2.24) is 19.1 Å². The van der Waals surface area contributed by atoms with Crippen molar-refractivity contribution in [2.75, 3.05) is 6.54 Å². The molecule has 23 heavy (non-hydrogen) atoms. The van der Waals surface area contributed by atoms with E-state index >= 15 is 0 Å². The van der Waals surface area contributed by atoms with Crippen LogP contribution in [0.5, 0.6) is 0 Å². The number of hydrogen-bond donors (Lipinski definition) is 0. The van der Waals surface area contributed by atoms with Crippen LogP contribution in [-0.2, 0) is 11.3 Å². The predicted molar refractivity (Wildman–Crippen MR) is 86.1 cm³/mol. The lowest BCUT2D eigenvalue weighted by Crippen LogP contribution is -2.51. The highest BCUT2D eigenvalue weighted by molar-refractivity contribution is 5.76. The van der Waals surface area contributed by atoms with Gasteiger partial charge in [0.2, 0.25) is 5.91 Å². The van der Waals surface area contributed by atoms with Crippen LogP contribution in [0.25, 0.3) is 5.65 Å². The van der Waals surface area contributed by atoms with Crippen LogP contribution >= 0.6 is 0 Å². The molecule has 0 spiro atoms. The first-order chi connectivity index (χ1) is 11.2. The van der Waals surface area contributed by atoms with Gasteiger partial charge in [0.05, 0.1) is 0 Å². The molecule has 1 saturated carbocycles. The van der Waals surface area contributed by atoms with Crippen LogP contribution in [0.3, 0.4) is 0 Å². The molecule has 2 fully saturated rings. The Morgan fingerprint density at radius 2 is 2.00 bits per heavy atom. The van der Waals surface area contributed by atoms with Gasteiger partial charge in [0.25, 0.3) is 0 Å². The van der Waals surface area contributed by atoms with Crippen molar-refractivity contribution in [1.29, 1.82) is 0 Å². The van der Waals surface area contributed by atoms with Crippen LogP contribution in [0.4, 0.5) is 0 Å². The number of hydrogen-bond acceptors (Lipinski definition) is 3. The lowest BCUT2D eigenvalue weighted by molar-refractivity contribution is -0.138. The fourth-order valence-corrected chi connectivity index (χ4v) is 4.22. The van der Waals surface area contributed by atoms with E-state index in [1.807, 2.05) is 11.0 Å². The van der Waals surface area contributed by atoms with E-state index in [-0.39, 0.29) is 18.1 Å². The smallest absolute Gasteiger partial charge is 0.338 e. The van der Waals surface area contributed by atoms with Crippen molar-refractivity contribution in [3.63, 3.8) is 0 Å². The fourth-order valence-electron chi connectivity index (χ4n) is 4.22. The third-order valence-electron chi connectivity index (χ3n) is 5.34. The summed E-state index contributed by atoms with van der Waals surface area (Å²) in [6, 6.07) is 5.78. The Kier molecular flexibility index (Phi) is 3.67. The Morgan fingerprint density at radius 1 is 1.17 bits per heavy atom. The maximum atomic E-state index is 12.8. The number of carbonyl (C=O) groups excluding carboxylic acids is 1. The molecule has 0 radical (unpaired) electrons. The third kappa shape index (κ3) is 2.56. The molecular formula is C17H22N4O2. The summed E-state index contributed by atoms with van der Waals surface area (Å²) in [5, 5.41) is 4.27. The molecule has 0 N–H and O–H groups in total. The number of amides is 1. The normalized spacial score (nSPS) is 24.6. The second-order valence-electron chi connectivity index (χ2n) is 6.71. The highest BCUT2D eigenvalue weighted by atomic mass is 16.2. The second-order valence-corrected chi connectivity index (χ2v) is 6.71. The zero-order valence-electron chi connectivity index (χ0n) is 13.2. The largest absolute Gasteiger partial charge is 0.350 e. The minimum Gasteiger partial charge on any atom is -0.338 e. The molecule has 1 aliphatic carbocycles. The monoisotopic (exact) mass is 314 g/mol. The average Bonchev–Trinajstić information content (AvgIpc) is 2.90. The Bertz CT molecular complexity index is 776. The van der Waals surface area contributed by atoms with Crippen LogP contribution in [0, 0.1) is 5.92 Å². The molecule has 0 aromatic carbocycles. The van der Waals surface area contributed by atoms with E-state index < -0.39 is 0 Å². The van der Waals surface area contributed by atoms with E-state index in [9.17, 15) is 9.59 Å². The number of carbonyl (C=O) groups is 1.